The van der Waals surface area contributed by atoms with Crippen molar-refractivity contribution in [2.24, 2.45) is 0 Å². The molecule has 0 amide bonds. The summed E-state index contributed by atoms with van der Waals surface area (Å²) in [4.78, 5) is 13.5. The van der Waals surface area contributed by atoms with Gasteiger partial charge in [0.15, 0.2) is 6.29 Å². The number of aromatic nitrogens is 1. The van der Waals surface area contributed by atoms with Crippen LogP contribution in [0, 0.1) is 12.7 Å². The number of aromatic amines is 1. The zero-order chi connectivity index (χ0) is 11.4. The third-order valence-electron chi connectivity index (χ3n) is 2.03. The Bertz CT molecular complexity index is 474. The first-order valence-corrected chi connectivity index (χ1v) is 4.95. The van der Waals surface area contributed by atoms with Crippen molar-refractivity contribution in [3.05, 3.63) is 35.3 Å². The molecule has 80 valence electrons. The number of aldehydes is 1. The van der Waals surface area contributed by atoms with Crippen molar-refractivity contribution < 1.29 is 9.18 Å². The topological polar surface area (TPSA) is 32.9 Å². The SMILES string of the molecule is CC.Cc1cc2c(F)ccc(C=O)c2[nH]1. The zero-order valence-electron chi connectivity index (χ0n) is 9.10. The molecule has 1 aromatic heterocycles. The molecule has 15 heavy (non-hydrogen) atoms. The summed E-state index contributed by atoms with van der Waals surface area (Å²) in [5, 5.41) is 0.474. The average Bonchev–Trinajstić information content (AvgIpc) is 2.64. The minimum Gasteiger partial charge on any atom is -0.358 e. The lowest BCUT2D eigenvalue weighted by atomic mass is 10.1. The van der Waals surface area contributed by atoms with E-state index in [-0.39, 0.29) is 5.82 Å². The van der Waals surface area contributed by atoms with Gasteiger partial charge in [0.2, 0.25) is 0 Å². The van der Waals surface area contributed by atoms with Crippen LogP contribution in [0.25, 0.3) is 10.9 Å². The molecule has 0 aliphatic rings. The van der Waals surface area contributed by atoms with Crippen molar-refractivity contribution in [3.8, 4) is 0 Å². The summed E-state index contributed by atoms with van der Waals surface area (Å²) in [5.41, 5.74) is 1.92. The highest BCUT2D eigenvalue weighted by atomic mass is 19.1. The molecule has 2 nitrogen and oxygen atoms in total. The van der Waals surface area contributed by atoms with E-state index in [1.807, 2.05) is 20.8 Å². The predicted molar refractivity (Wildman–Crippen MR) is 59.7 cm³/mol. The molecule has 0 unspecified atom stereocenters. The summed E-state index contributed by atoms with van der Waals surface area (Å²) >= 11 is 0. The first-order valence-electron chi connectivity index (χ1n) is 4.95. The van der Waals surface area contributed by atoms with Crippen molar-refractivity contribution in [2.45, 2.75) is 20.8 Å². The number of benzene rings is 1. The predicted octanol–water partition coefficient (Wildman–Crippen LogP) is 3.45. The van der Waals surface area contributed by atoms with Crippen LogP contribution in [0.4, 0.5) is 4.39 Å². The van der Waals surface area contributed by atoms with Gasteiger partial charge in [0, 0.05) is 16.6 Å². The molecular formula is C12H14FNO. The number of hydrogen-bond donors (Lipinski definition) is 1. The quantitative estimate of drug-likeness (QED) is 0.714. The normalized spacial score (nSPS) is 9.60. The Kier molecular flexibility index (Phi) is 3.61. The van der Waals surface area contributed by atoms with Crippen molar-refractivity contribution in [2.75, 3.05) is 0 Å². The van der Waals surface area contributed by atoms with Gasteiger partial charge < -0.3 is 4.98 Å². The number of aryl methyl sites for hydroxylation is 1. The molecule has 3 heteroatoms. The van der Waals surface area contributed by atoms with Crippen LogP contribution in [-0.2, 0) is 0 Å². The van der Waals surface area contributed by atoms with Gasteiger partial charge in [-0.1, -0.05) is 13.8 Å². The Morgan fingerprint density at radius 2 is 2.00 bits per heavy atom. The van der Waals surface area contributed by atoms with E-state index in [0.717, 1.165) is 12.0 Å². The molecule has 0 radical (unpaired) electrons. The van der Waals surface area contributed by atoms with E-state index in [9.17, 15) is 9.18 Å². The fraction of sp³-hybridized carbons (Fsp3) is 0.250. The van der Waals surface area contributed by atoms with Crippen LogP contribution in [-0.4, -0.2) is 11.3 Å². The van der Waals surface area contributed by atoms with Gasteiger partial charge in [0.25, 0.3) is 0 Å². The van der Waals surface area contributed by atoms with E-state index >= 15 is 0 Å². The second-order valence-electron chi connectivity index (χ2n) is 3.00. The third kappa shape index (κ3) is 2.06. The molecule has 2 aromatic rings. The van der Waals surface area contributed by atoms with E-state index < -0.39 is 0 Å². The van der Waals surface area contributed by atoms with Crippen LogP contribution in [0.1, 0.15) is 29.9 Å². The monoisotopic (exact) mass is 207 g/mol. The van der Waals surface area contributed by atoms with Crippen molar-refractivity contribution in [3.63, 3.8) is 0 Å². The van der Waals surface area contributed by atoms with Gasteiger partial charge in [-0.15, -0.1) is 0 Å². The van der Waals surface area contributed by atoms with Crippen LogP contribution in [0.3, 0.4) is 0 Å². The first kappa shape index (κ1) is 11.4. The maximum absolute atomic E-state index is 13.2. The molecule has 1 heterocycles. The molecule has 1 aromatic carbocycles. The Morgan fingerprint density at radius 1 is 1.33 bits per heavy atom. The molecule has 0 spiro atoms. The second kappa shape index (κ2) is 4.73. The Morgan fingerprint density at radius 3 is 2.60 bits per heavy atom. The number of carbonyl (C=O) groups is 1. The lowest BCUT2D eigenvalue weighted by Crippen LogP contribution is -1.84. The zero-order valence-corrected chi connectivity index (χ0v) is 9.10. The fourth-order valence-electron chi connectivity index (χ4n) is 1.44. The van der Waals surface area contributed by atoms with E-state index in [1.54, 1.807) is 6.07 Å². The molecule has 1 N–H and O–H groups in total. The van der Waals surface area contributed by atoms with Gasteiger partial charge in [-0.05, 0) is 25.1 Å². The van der Waals surface area contributed by atoms with Gasteiger partial charge in [-0.25, -0.2) is 4.39 Å². The number of fused-ring (bicyclic) bond motifs is 1. The molecule has 0 atom stereocenters. The molecule has 0 fully saturated rings. The van der Waals surface area contributed by atoms with Gasteiger partial charge in [-0.3, -0.25) is 4.79 Å². The molecule has 0 bridgehead atoms. The van der Waals surface area contributed by atoms with Crippen LogP contribution in [0.2, 0.25) is 0 Å². The largest absolute Gasteiger partial charge is 0.358 e. The van der Waals surface area contributed by atoms with Gasteiger partial charge in [0.1, 0.15) is 5.82 Å². The molecule has 2 rings (SSSR count). The third-order valence-corrected chi connectivity index (χ3v) is 2.03. The smallest absolute Gasteiger partial charge is 0.152 e. The molecule has 0 saturated carbocycles. The number of carbonyl (C=O) groups excluding carboxylic acids is 1. The highest BCUT2D eigenvalue weighted by molar-refractivity contribution is 5.96. The summed E-state index contributed by atoms with van der Waals surface area (Å²) in [7, 11) is 0. The average molecular weight is 207 g/mol. The standard InChI is InChI=1S/C10H8FNO.C2H6/c1-6-4-8-9(11)3-2-7(5-13)10(8)12-6;1-2/h2-5,12H,1H3;1-2H3. The Labute approximate surface area is 88.1 Å². The summed E-state index contributed by atoms with van der Waals surface area (Å²) < 4.78 is 13.2. The number of halogens is 1. The van der Waals surface area contributed by atoms with E-state index in [2.05, 4.69) is 4.98 Å². The Hall–Kier alpha value is -1.64. The first-order chi connectivity index (χ1) is 7.22. The van der Waals surface area contributed by atoms with Crippen LogP contribution in [0.5, 0.6) is 0 Å². The summed E-state index contributed by atoms with van der Waals surface area (Å²) in [6.07, 6.45) is 0.720. The molecule has 0 saturated heterocycles. The fourth-order valence-corrected chi connectivity index (χ4v) is 1.44. The molecular weight excluding hydrogens is 193 g/mol. The van der Waals surface area contributed by atoms with Crippen molar-refractivity contribution in [1.29, 1.82) is 0 Å². The second-order valence-corrected chi connectivity index (χ2v) is 3.00. The highest BCUT2D eigenvalue weighted by Gasteiger charge is 2.07. The number of rotatable bonds is 1. The lowest BCUT2D eigenvalue weighted by molar-refractivity contribution is 0.112. The summed E-state index contributed by atoms with van der Waals surface area (Å²) in [5.74, 6) is -0.301. The molecule has 0 aliphatic heterocycles. The number of H-pyrrole nitrogens is 1. The van der Waals surface area contributed by atoms with Gasteiger partial charge in [-0.2, -0.15) is 0 Å². The van der Waals surface area contributed by atoms with Crippen LogP contribution >= 0.6 is 0 Å². The maximum atomic E-state index is 13.2. The molecule has 0 aliphatic carbocycles. The van der Waals surface area contributed by atoms with Gasteiger partial charge in [0.05, 0.1) is 5.52 Å². The van der Waals surface area contributed by atoms with Crippen LogP contribution < -0.4 is 0 Å². The number of hydrogen-bond acceptors (Lipinski definition) is 1. The Balaban J connectivity index is 0.000000531. The van der Waals surface area contributed by atoms with E-state index in [4.69, 9.17) is 0 Å². The minimum atomic E-state index is -0.301. The van der Waals surface area contributed by atoms with Gasteiger partial charge >= 0.3 is 0 Å². The van der Waals surface area contributed by atoms with E-state index in [1.165, 1.54) is 12.1 Å². The summed E-state index contributed by atoms with van der Waals surface area (Å²) in [6.45, 7) is 5.83. The number of nitrogens with one attached hydrogen (secondary N) is 1. The highest BCUT2D eigenvalue weighted by Crippen LogP contribution is 2.21. The van der Waals surface area contributed by atoms with Crippen LogP contribution in [0.15, 0.2) is 18.2 Å². The minimum absolute atomic E-state index is 0.301. The van der Waals surface area contributed by atoms with E-state index in [0.29, 0.717) is 16.5 Å². The van der Waals surface area contributed by atoms with Crippen molar-refractivity contribution >= 4 is 17.2 Å². The summed E-state index contributed by atoms with van der Waals surface area (Å²) in [6, 6.07) is 4.47. The van der Waals surface area contributed by atoms with Crippen molar-refractivity contribution in [1.82, 2.24) is 4.98 Å². The maximum Gasteiger partial charge on any atom is 0.152 e. The lowest BCUT2D eigenvalue weighted by Gasteiger charge is -1.94.